The number of rotatable bonds is 2. The van der Waals surface area contributed by atoms with Gasteiger partial charge in [0.1, 0.15) is 5.82 Å². The number of nitrogens with zero attached hydrogens (tertiary/aromatic N) is 1. The van der Waals surface area contributed by atoms with E-state index in [0.29, 0.717) is 0 Å². The maximum atomic E-state index is 9.03. The molecule has 0 amide bonds. The second-order valence-electron chi connectivity index (χ2n) is 4.22. The molecule has 90 valence electrons. The van der Waals surface area contributed by atoms with Crippen LogP contribution in [-0.4, -0.2) is 14.5 Å². The van der Waals surface area contributed by atoms with E-state index in [-0.39, 0.29) is 0 Å². The predicted octanol–water partition coefficient (Wildman–Crippen LogP) is 4.10. The molecule has 0 atom stereocenters. The molecule has 0 fully saturated rings. The van der Waals surface area contributed by atoms with E-state index in [1.807, 2.05) is 18.2 Å². The SMILES string of the molecule is Cc1ccc(-c2nc3ccc(SO)cc3[nH]2)cc1. The van der Waals surface area contributed by atoms with Crippen LogP contribution in [0.5, 0.6) is 0 Å². The number of imidazole rings is 1. The van der Waals surface area contributed by atoms with E-state index in [1.165, 1.54) is 5.56 Å². The predicted molar refractivity (Wildman–Crippen MR) is 74.8 cm³/mol. The monoisotopic (exact) mass is 256 g/mol. The summed E-state index contributed by atoms with van der Waals surface area (Å²) in [6.07, 6.45) is 0. The molecule has 2 N–H and O–H groups in total. The molecular weight excluding hydrogens is 244 g/mol. The van der Waals surface area contributed by atoms with Crippen molar-refractivity contribution >= 4 is 23.1 Å². The maximum Gasteiger partial charge on any atom is 0.138 e. The Kier molecular flexibility index (Phi) is 2.81. The summed E-state index contributed by atoms with van der Waals surface area (Å²) in [4.78, 5) is 8.62. The summed E-state index contributed by atoms with van der Waals surface area (Å²) < 4.78 is 9.03. The lowest BCUT2D eigenvalue weighted by Gasteiger charge is -1.96. The van der Waals surface area contributed by atoms with E-state index in [4.69, 9.17) is 4.55 Å². The summed E-state index contributed by atoms with van der Waals surface area (Å²) in [5.41, 5.74) is 4.14. The van der Waals surface area contributed by atoms with Gasteiger partial charge in [-0.15, -0.1) is 0 Å². The molecule has 0 bridgehead atoms. The Balaban J connectivity index is 2.10. The van der Waals surface area contributed by atoms with Gasteiger partial charge in [0.2, 0.25) is 0 Å². The molecule has 3 rings (SSSR count). The molecule has 0 unspecified atom stereocenters. The molecular formula is C14H12N2OS. The summed E-state index contributed by atoms with van der Waals surface area (Å²) in [5.74, 6) is 0.852. The number of aromatic nitrogens is 2. The Morgan fingerprint density at radius 3 is 2.61 bits per heavy atom. The van der Waals surface area contributed by atoms with E-state index < -0.39 is 0 Å². The molecule has 0 aliphatic rings. The molecule has 1 heterocycles. The number of aromatic amines is 1. The number of nitrogens with one attached hydrogen (secondary N) is 1. The van der Waals surface area contributed by atoms with E-state index in [9.17, 15) is 0 Å². The normalized spacial score (nSPS) is 11.0. The highest BCUT2D eigenvalue weighted by molar-refractivity contribution is 7.93. The average molecular weight is 256 g/mol. The fourth-order valence-corrected chi connectivity index (χ4v) is 2.19. The van der Waals surface area contributed by atoms with Crippen LogP contribution in [0.4, 0.5) is 0 Å². The Bertz CT molecular complexity index is 689. The molecule has 3 nitrogen and oxygen atoms in total. The zero-order chi connectivity index (χ0) is 12.5. The topological polar surface area (TPSA) is 48.9 Å². The lowest BCUT2D eigenvalue weighted by atomic mass is 10.1. The van der Waals surface area contributed by atoms with E-state index >= 15 is 0 Å². The van der Waals surface area contributed by atoms with Crippen molar-refractivity contribution in [3.05, 3.63) is 48.0 Å². The third kappa shape index (κ3) is 2.00. The standard InChI is InChI=1S/C14H12N2OS/c1-9-2-4-10(5-3-9)14-15-12-7-6-11(18-17)8-13(12)16-14/h2-8,17H,1H3,(H,15,16). The fraction of sp³-hybridized carbons (Fsp3) is 0.0714. The van der Waals surface area contributed by atoms with Crippen LogP contribution in [0.15, 0.2) is 47.4 Å². The van der Waals surface area contributed by atoms with Crippen LogP contribution >= 0.6 is 12.0 Å². The van der Waals surface area contributed by atoms with Gasteiger partial charge < -0.3 is 9.54 Å². The largest absolute Gasteiger partial charge is 0.338 e. The molecule has 0 saturated heterocycles. The quantitative estimate of drug-likeness (QED) is 0.678. The van der Waals surface area contributed by atoms with E-state index in [2.05, 4.69) is 41.2 Å². The van der Waals surface area contributed by atoms with Crippen molar-refractivity contribution < 1.29 is 4.55 Å². The number of fused-ring (bicyclic) bond motifs is 1. The van der Waals surface area contributed by atoms with Gasteiger partial charge in [0, 0.05) is 22.5 Å². The minimum atomic E-state index is 0.743. The lowest BCUT2D eigenvalue weighted by molar-refractivity contribution is 0.664. The molecule has 1 aromatic heterocycles. The molecule has 0 radical (unpaired) electrons. The van der Waals surface area contributed by atoms with Crippen LogP contribution in [0.3, 0.4) is 0 Å². The van der Waals surface area contributed by atoms with Gasteiger partial charge in [0.25, 0.3) is 0 Å². The Hall–Kier alpha value is -1.78. The molecule has 3 aromatic rings. The van der Waals surface area contributed by atoms with Crippen LogP contribution in [0.1, 0.15) is 5.56 Å². The van der Waals surface area contributed by atoms with Crippen molar-refractivity contribution in [1.82, 2.24) is 9.97 Å². The zero-order valence-electron chi connectivity index (χ0n) is 9.84. The minimum absolute atomic E-state index is 0.743. The number of hydrogen-bond donors (Lipinski definition) is 2. The summed E-state index contributed by atoms with van der Waals surface area (Å²) in [6.45, 7) is 2.06. The first kappa shape index (κ1) is 11.3. The molecule has 0 aliphatic heterocycles. The van der Waals surface area contributed by atoms with E-state index in [0.717, 1.165) is 39.4 Å². The first-order valence-corrected chi connectivity index (χ1v) is 6.42. The fourth-order valence-electron chi connectivity index (χ4n) is 1.89. The molecule has 4 heteroatoms. The number of benzene rings is 2. The summed E-state index contributed by atoms with van der Waals surface area (Å²) in [7, 11) is 0. The van der Waals surface area contributed by atoms with Crippen molar-refractivity contribution in [1.29, 1.82) is 0 Å². The summed E-state index contributed by atoms with van der Waals surface area (Å²) >= 11 is 0.743. The van der Waals surface area contributed by atoms with Gasteiger partial charge in [0.05, 0.1) is 11.0 Å². The van der Waals surface area contributed by atoms with Crippen LogP contribution in [-0.2, 0) is 0 Å². The van der Waals surface area contributed by atoms with Crippen LogP contribution < -0.4 is 0 Å². The molecule has 0 spiro atoms. The van der Waals surface area contributed by atoms with Gasteiger partial charge in [-0.1, -0.05) is 29.8 Å². The average Bonchev–Trinajstić information content (AvgIpc) is 2.82. The van der Waals surface area contributed by atoms with Crippen LogP contribution in [0.2, 0.25) is 0 Å². The van der Waals surface area contributed by atoms with Gasteiger partial charge in [-0.2, -0.15) is 0 Å². The second kappa shape index (κ2) is 4.48. The van der Waals surface area contributed by atoms with Crippen LogP contribution in [0, 0.1) is 6.92 Å². The van der Waals surface area contributed by atoms with Crippen molar-refractivity contribution in [3.63, 3.8) is 0 Å². The van der Waals surface area contributed by atoms with Gasteiger partial charge >= 0.3 is 0 Å². The number of hydrogen-bond acceptors (Lipinski definition) is 3. The zero-order valence-corrected chi connectivity index (χ0v) is 10.7. The van der Waals surface area contributed by atoms with Crippen molar-refractivity contribution in [3.8, 4) is 11.4 Å². The summed E-state index contributed by atoms with van der Waals surface area (Å²) in [6, 6.07) is 13.9. The Labute approximate surface area is 109 Å². The Morgan fingerprint density at radius 2 is 1.89 bits per heavy atom. The van der Waals surface area contributed by atoms with Crippen molar-refractivity contribution in [2.24, 2.45) is 0 Å². The number of H-pyrrole nitrogens is 1. The van der Waals surface area contributed by atoms with Gasteiger partial charge in [-0.25, -0.2) is 4.98 Å². The highest BCUT2D eigenvalue weighted by Crippen LogP contribution is 2.24. The maximum absolute atomic E-state index is 9.03. The minimum Gasteiger partial charge on any atom is -0.338 e. The lowest BCUT2D eigenvalue weighted by Crippen LogP contribution is -1.80. The highest BCUT2D eigenvalue weighted by atomic mass is 32.2. The van der Waals surface area contributed by atoms with Crippen LogP contribution in [0.25, 0.3) is 22.4 Å². The molecule has 18 heavy (non-hydrogen) atoms. The summed E-state index contributed by atoms with van der Waals surface area (Å²) in [5, 5.41) is 0. The van der Waals surface area contributed by atoms with Crippen molar-refractivity contribution in [2.75, 3.05) is 0 Å². The number of aryl methyl sites for hydroxylation is 1. The molecule has 0 aliphatic carbocycles. The van der Waals surface area contributed by atoms with Gasteiger partial charge in [0.15, 0.2) is 0 Å². The third-order valence-electron chi connectivity index (χ3n) is 2.88. The van der Waals surface area contributed by atoms with E-state index in [1.54, 1.807) is 0 Å². The van der Waals surface area contributed by atoms with Gasteiger partial charge in [-0.3, -0.25) is 0 Å². The first-order valence-electron chi connectivity index (χ1n) is 5.64. The Morgan fingerprint density at radius 1 is 1.11 bits per heavy atom. The first-order chi connectivity index (χ1) is 8.76. The van der Waals surface area contributed by atoms with Crippen molar-refractivity contribution in [2.45, 2.75) is 11.8 Å². The molecule has 2 aromatic carbocycles. The smallest absolute Gasteiger partial charge is 0.138 e. The highest BCUT2D eigenvalue weighted by Gasteiger charge is 2.05. The third-order valence-corrected chi connectivity index (χ3v) is 3.35. The second-order valence-corrected chi connectivity index (χ2v) is 4.88. The molecule has 0 saturated carbocycles. The van der Waals surface area contributed by atoms with Gasteiger partial charge in [-0.05, 0) is 25.1 Å².